The van der Waals surface area contributed by atoms with Crippen LogP contribution in [0.15, 0.2) is 12.5 Å². The van der Waals surface area contributed by atoms with Crippen molar-refractivity contribution in [2.45, 2.75) is 32.0 Å². The molecular formula is C15H27N5O. The van der Waals surface area contributed by atoms with Crippen LogP contribution in [0.4, 0.5) is 0 Å². The Bertz CT molecular complexity index is 443. The second-order valence-electron chi connectivity index (χ2n) is 5.94. The van der Waals surface area contributed by atoms with E-state index in [1.807, 2.05) is 12.5 Å². The van der Waals surface area contributed by atoms with Gasteiger partial charge in [0.25, 0.3) is 0 Å². The molecule has 2 N–H and O–H groups in total. The van der Waals surface area contributed by atoms with Gasteiger partial charge in [0.15, 0.2) is 0 Å². The molecule has 2 aliphatic rings. The van der Waals surface area contributed by atoms with Crippen LogP contribution in [-0.4, -0.2) is 71.3 Å². The predicted octanol–water partition coefficient (Wildman–Crippen LogP) is 0.309. The van der Waals surface area contributed by atoms with Gasteiger partial charge < -0.3 is 15.0 Å². The van der Waals surface area contributed by atoms with E-state index in [1.165, 1.54) is 12.1 Å². The van der Waals surface area contributed by atoms with Gasteiger partial charge in [-0.15, -0.1) is 0 Å². The fraction of sp³-hybridized carbons (Fsp3) is 0.800. The first kappa shape index (κ1) is 15.0. The van der Waals surface area contributed by atoms with Gasteiger partial charge in [0, 0.05) is 51.5 Å². The molecule has 0 saturated carbocycles. The summed E-state index contributed by atoms with van der Waals surface area (Å²) in [7, 11) is 0. The van der Waals surface area contributed by atoms with Crippen molar-refractivity contribution in [3.05, 3.63) is 18.2 Å². The predicted molar refractivity (Wildman–Crippen MR) is 82.1 cm³/mol. The van der Waals surface area contributed by atoms with Crippen molar-refractivity contribution in [1.29, 1.82) is 0 Å². The molecule has 6 nitrogen and oxygen atoms in total. The van der Waals surface area contributed by atoms with Gasteiger partial charge in [-0.1, -0.05) is 0 Å². The molecule has 2 atom stereocenters. The number of rotatable bonds is 5. The Kier molecular flexibility index (Phi) is 4.90. The topological polar surface area (TPSA) is 59.6 Å². The number of hydrogen-bond acceptors (Lipinski definition) is 5. The number of aryl methyl sites for hydroxylation is 1. The zero-order valence-electron chi connectivity index (χ0n) is 12.9. The highest BCUT2D eigenvalue weighted by Gasteiger charge is 2.33. The fourth-order valence-corrected chi connectivity index (χ4v) is 3.62. The maximum absolute atomic E-state index is 6.07. The average molecular weight is 293 g/mol. The van der Waals surface area contributed by atoms with Crippen LogP contribution in [0.25, 0.3) is 0 Å². The molecule has 3 rings (SSSR count). The van der Waals surface area contributed by atoms with Gasteiger partial charge in [-0.05, 0) is 13.3 Å². The third-order valence-electron chi connectivity index (χ3n) is 4.85. The molecule has 3 heterocycles. The summed E-state index contributed by atoms with van der Waals surface area (Å²) in [6.45, 7) is 9.87. The van der Waals surface area contributed by atoms with Gasteiger partial charge in [0.1, 0.15) is 0 Å². The maximum atomic E-state index is 6.07. The van der Waals surface area contributed by atoms with E-state index >= 15 is 0 Å². The smallest absolute Gasteiger partial charge is 0.0948 e. The van der Waals surface area contributed by atoms with Gasteiger partial charge in [-0.2, -0.15) is 0 Å². The molecule has 0 spiro atoms. The lowest BCUT2D eigenvalue weighted by Gasteiger charge is -2.33. The summed E-state index contributed by atoms with van der Waals surface area (Å²) < 4.78 is 7.66. The molecule has 0 amide bonds. The van der Waals surface area contributed by atoms with Crippen LogP contribution < -0.4 is 5.73 Å². The SMILES string of the molecule is CCn1cncc1C(CN)N1CCC(N2CCOCC2)C1. The van der Waals surface area contributed by atoms with E-state index in [0.29, 0.717) is 18.6 Å². The van der Waals surface area contributed by atoms with Crippen LogP contribution in [0.5, 0.6) is 0 Å². The van der Waals surface area contributed by atoms with E-state index in [0.717, 1.165) is 45.9 Å². The molecule has 0 aromatic carbocycles. The number of ether oxygens (including phenoxy) is 1. The fourth-order valence-electron chi connectivity index (χ4n) is 3.62. The minimum absolute atomic E-state index is 0.290. The number of hydrogen-bond donors (Lipinski definition) is 1. The van der Waals surface area contributed by atoms with Crippen molar-refractivity contribution >= 4 is 0 Å². The van der Waals surface area contributed by atoms with Gasteiger partial charge in [-0.3, -0.25) is 9.80 Å². The van der Waals surface area contributed by atoms with E-state index in [9.17, 15) is 0 Å². The van der Waals surface area contributed by atoms with Gasteiger partial charge in [0.2, 0.25) is 0 Å². The van der Waals surface area contributed by atoms with E-state index < -0.39 is 0 Å². The highest BCUT2D eigenvalue weighted by Crippen LogP contribution is 2.26. The number of likely N-dealkylation sites (tertiary alicyclic amines) is 1. The Hall–Kier alpha value is -0.950. The summed E-state index contributed by atoms with van der Waals surface area (Å²) in [6, 6.07) is 0.944. The summed E-state index contributed by atoms with van der Waals surface area (Å²) in [5.41, 5.74) is 7.33. The molecule has 2 fully saturated rings. The molecule has 0 aliphatic carbocycles. The first-order chi connectivity index (χ1) is 10.3. The second-order valence-corrected chi connectivity index (χ2v) is 5.94. The zero-order valence-corrected chi connectivity index (χ0v) is 12.9. The summed E-state index contributed by atoms with van der Waals surface area (Å²) in [5, 5.41) is 0. The highest BCUT2D eigenvalue weighted by molar-refractivity contribution is 5.08. The molecule has 0 bridgehead atoms. The molecule has 118 valence electrons. The monoisotopic (exact) mass is 293 g/mol. The van der Waals surface area contributed by atoms with Crippen LogP contribution in [0.3, 0.4) is 0 Å². The van der Waals surface area contributed by atoms with Gasteiger partial charge >= 0.3 is 0 Å². The molecular weight excluding hydrogens is 266 g/mol. The minimum Gasteiger partial charge on any atom is -0.379 e. The van der Waals surface area contributed by atoms with E-state index in [2.05, 4.69) is 26.3 Å². The molecule has 1 aromatic heterocycles. The van der Waals surface area contributed by atoms with Crippen LogP contribution in [-0.2, 0) is 11.3 Å². The lowest BCUT2D eigenvalue weighted by Crippen LogP contribution is -2.45. The number of morpholine rings is 1. The van der Waals surface area contributed by atoms with Crippen molar-refractivity contribution in [3.63, 3.8) is 0 Å². The zero-order chi connectivity index (χ0) is 14.7. The standard InChI is InChI=1S/C15H27N5O/c1-2-18-12-17-10-15(18)14(9-16)20-4-3-13(11-20)19-5-7-21-8-6-19/h10,12-14H,2-9,11,16H2,1H3. The van der Waals surface area contributed by atoms with Crippen molar-refractivity contribution in [2.75, 3.05) is 45.9 Å². The normalized spacial score (nSPS) is 26.3. The van der Waals surface area contributed by atoms with Crippen LogP contribution >= 0.6 is 0 Å². The Labute approximate surface area is 126 Å². The third-order valence-corrected chi connectivity index (χ3v) is 4.85. The molecule has 1 aromatic rings. The van der Waals surface area contributed by atoms with Crippen LogP contribution in [0.1, 0.15) is 25.1 Å². The summed E-state index contributed by atoms with van der Waals surface area (Å²) in [6.07, 6.45) is 5.12. The Morgan fingerprint density at radius 2 is 2.19 bits per heavy atom. The first-order valence-electron chi connectivity index (χ1n) is 8.09. The molecule has 6 heteroatoms. The highest BCUT2D eigenvalue weighted by atomic mass is 16.5. The van der Waals surface area contributed by atoms with Crippen molar-refractivity contribution in [1.82, 2.24) is 19.4 Å². The Morgan fingerprint density at radius 3 is 2.90 bits per heavy atom. The molecule has 2 unspecified atom stereocenters. The van der Waals surface area contributed by atoms with E-state index in [-0.39, 0.29) is 0 Å². The Balaban J connectivity index is 1.66. The molecule has 2 saturated heterocycles. The largest absolute Gasteiger partial charge is 0.379 e. The Morgan fingerprint density at radius 1 is 1.38 bits per heavy atom. The number of nitrogens with zero attached hydrogens (tertiary/aromatic N) is 4. The number of imidazole rings is 1. The van der Waals surface area contributed by atoms with Crippen LogP contribution in [0.2, 0.25) is 0 Å². The molecule has 0 radical (unpaired) electrons. The van der Waals surface area contributed by atoms with Crippen molar-refractivity contribution < 1.29 is 4.74 Å². The summed E-state index contributed by atoms with van der Waals surface area (Å²) in [4.78, 5) is 9.40. The number of nitrogens with two attached hydrogens (primary N) is 1. The lowest BCUT2D eigenvalue weighted by atomic mass is 10.2. The summed E-state index contributed by atoms with van der Waals surface area (Å²) >= 11 is 0. The van der Waals surface area contributed by atoms with Crippen molar-refractivity contribution in [3.8, 4) is 0 Å². The molecule has 2 aliphatic heterocycles. The van der Waals surface area contributed by atoms with Gasteiger partial charge in [-0.25, -0.2) is 4.98 Å². The minimum atomic E-state index is 0.290. The second kappa shape index (κ2) is 6.87. The maximum Gasteiger partial charge on any atom is 0.0948 e. The van der Waals surface area contributed by atoms with Crippen molar-refractivity contribution in [2.24, 2.45) is 5.73 Å². The lowest BCUT2D eigenvalue weighted by molar-refractivity contribution is 0.0176. The quantitative estimate of drug-likeness (QED) is 0.847. The molecule has 21 heavy (non-hydrogen) atoms. The third kappa shape index (κ3) is 3.13. The van der Waals surface area contributed by atoms with E-state index in [1.54, 1.807) is 0 Å². The average Bonchev–Trinajstić information content (AvgIpc) is 3.19. The van der Waals surface area contributed by atoms with E-state index in [4.69, 9.17) is 10.5 Å². The van der Waals surface area contributed by atoms with Gasteiger partial charge in [0.05, 0.1) is 31.3 Å². The summed E-state index contributed by atoms with van der Waals surface area (Å²) in [5.74, 6) is 0. The number of aromatic nitrogens is 2. The first-order valence-corrected chi connectivity index (χ1v) is 8.09. The van der Waals surface area contributed by atoms with Crippen LogP contribution in [0, 0.1) is 0 Å².